The van der Waals surface area contributed by atoms with Crippen LogP contribution in [0.25, 0.3) is 0 Å². The van der Waals surface area contributed by atoms with E-state index in [0.29, 0.717) is 18.7 Å². The molecular weight excluding hydrogens is 348 g/mol. The van der Waals surface area contributed by atoms with E-state index < -0.39 is 10.0 Å². The van der Waals surface area contributed by atoms with E-state index >= 15 is 0 Å². The number of amides is 1. The number of anilines is 2. The van der Waals surface area contributed by atoms with Crippen LogP contribution in [0.1, 0.15) is 30.0 Å². The first-order valence-corrected chi connectivity index (χ1v) is 10.5. The standard InChI is InChI=1S/C20H24N2O3S/c1-3-26(24,25)22-11-5-8-17-14-18(9-10-19(17)22)21-20(23)13-16-7-4-6-15(2)12-16/h4,6-7,9-10,12,14H,3,5,8,11,13H2,1-2H3,(H,21,23). The average molecular weight is 372 g/mol. The summed E-state index contributed by atoms with van der Waals surface area (Å²) < 4.78 is 26.0. The van der Waals surface area contributed by atoms with Crippen molar-refractivity contribution in [2.75, 3.05) is 21.9 Å². The molecule has 0 radical (unpaired) electrons. The third kappa shape index (κ3) is 4.07. The van der Waals surface area contributed by atoms with Crippen LogP contribution in [0.2, 0.25) is 0 Å². The van der Waals surface area contributed by atoms with Crippen molar-refractivity contribution in [1.29, 1.82) is 0 Å². The zero-order valence-corrected chi connectivity index (χ0v) is 16.0. The zero-order valence-electron chi connectivity index (χ0n) is 15.2. The van der Waals surface area contributed by atoms with Crippen LogP contribution in [0, 0.1) is 6.92 Å². The minimum absolute atomic E-state index is 0.0793. The molecule has 3 rings (SSSR count). The van der Waals surface area contributed by atoms with Crippen molar-refractivity contribution >= 4 is 27.3 Å². The molecule has 1 aliphatic heterocycles. The maximum Gasteiger partial charge on any atom is 0.234 e. The molecule has 0 bridgehead atoms. The number of rotatable bonds is 5. The number of carbonyl (C=O) groups excluding carboxylic acids is 1. The van der Waals surface area contributed by atoms with E-state index in [1.54, 1.807) is 19.1 Å². The molecule has 0 aromatic heterocycles. The minimum Gasteiger partial charge on any atom is -0.326 e. The second kappa shape index (κ2) is 7.50. The van der Waals surface area contributed by atoms with E-state index in [9.17, 15) is 13.2 Å². The highest BCUT2D eigenvalue weighted by molar-refractivity contribution is 7.92. The Morgan fingerprint density at radius 1 is 1.19 bits per heavy atom. The molecule has 2 aromatic carbocycles. The van der Waals surface area contributed by atoms with Gasteiger partial charge in [0.25, 0.3) is 0 Å². The first-order chi connectivity index (χ1) is 12.4. The van der Waals surface area contributed by atoms with Gasteiger partial charge in [0.2, 0.25) is 15.9 Å². The molecule has 0 fully saturated rings. The summed E-state index contributed by atoms with van der Waals surface area (Å²) in [6.07, 6.45) is 1.91. The third-order valence-electron chi connectivity index (χ3n) is 4.59. The summed E-state index contributed by atoms with van der Waals surface area (Å²) in [6.45, 7) is 4.17. The Bertz CT molecular complexity index is 922. The van der Waals surface area contributed by atoms with Crippen LogP contribution in [0.15, 0.2) is 42.5 Å². The van der Waals surface area contributed by atoms with Crippen LogP contribution in [-0.4, -0.2) is 26.6 Å². The largest absolute Gasteiger partial charge is 0.326 e. The van der Waals surface area contributed by atoms with Gasteiger partial charge in [0, 0.05) is 12.2 Å². The van der Waals surface area contributed by atoms with Crippen molar-refractivity contribution in [2.45, 2.75) is 33.1 Å². The van der Waals surface area contributed by atoms with Crippen molar-refractivity contribution in [2.24, 2.45) is 0 Å². The fourth-order valence-corrected chi connectivity index (χ4v) is 4.49. The van der Waals surface area contributed by atoms with E-state index in [2.05, 4.69) is 5.32 Å². The van der Waals surface area contributed by atoms with Crippen molar-refractivity contribution in [3.8, 4) is 0 Å². The van der Waals surface area contributed by atoms with Crippen molar-refractivity contribution < 1.29 is 13.2 Å². The molecule has 0 saturated heterocycles. The van der Waals surface area contributed by atoms with Gasteiger partial charge in [-0.05, 0) is 56.0 Å². The van der Waals surface area contributed by atoms with Gasteiger partial charge in [0.15, 0.2) is 0 Å². The molecule has 1 aliphatic rings. The normalized spacial score (nSPS) is 14.0. The van der Waals surface area contributed by atoms with Gasteiger partial charge in [-0.1, -0.05) is 29.8 Å². The number of fused-ring (bicyclic) bond motifs is 1. The summed E-state index contributed by atoms with van der Waals surface area (Å²) >= 11 is 0. The summed E-state index contributed by atoms with van der Waals surface area (Å²) in [4.78, 5) is 12.3. The fraction of sp³-hybridized carbons (Fsp3) is 0.350. The monoisotopic (exact) mass is 372 g/mol. The molecule has 0 unspecified atom stereocenters. The van der Waals surface area contributed by atoms with Crippen molar-refractivity contribution in [1.82, 2.24) is 0 Å². The molecule has 0 atom stereocenters. The second-order valence-corrected chi connectivity index (χ2v) is 8.82. The number of nitrogens with zero attached hydrogens (tertiary/aromatic N) is 1. The van der Waals surface area contributed by atoms with Crippen molar-refractivity contribution in [3.05, 3.63) is 59.2 Å². The molecule has 0 saturated carbocycles. The molecular formula is C20H24N2O3S. The van der Waals surface area contributed by atoms with Gasteiger partial charge in [-0.3, -0.25) is 9.10 Å². The summed E-state index contributed by atoms with van der Waals surface area (Å²) in [5, 5.41) is 2.92. The first-order valence-electron chi connectivity index (χ1n) is 8.88. The number of carbonyl (C=O) groups is 1. The maximum atomic E-state index is 12.3. The van der Waals surface area contributed by atoms with Crippen molar-refractivity contribution in [3.63, 3.8) is 0 Å². The quantitative estimate of drug-likeness (QED) is 0.876. The molecule has 138 valence electrons. The SMILES string of the molecule is CCS(=O)(=O)N1CCCc2cc(NC(=O)Cc3cccc(C)c3)ccc21. The van der Waals surface area contributed by atoms with Gasteiger partial charge in [0.1, 0.15) is 0 Å². The predicted molar refractivity (Wildman–Crippen MR) is 105 cm³/mol. The third-order valence-corrected chi connectivity index (χ3v) is 6.37. The summed E-state index contributed by atoms with van der Waals surface area (Å²) in [7, 11) is -3.27. The van der Waals surface area contributed by atoms with E-state index in [1.165, 1.54) is 4.31 Å². The van der Waals surface area contributed by atoms with Gasteiger partial charge in [-0.15, -0.1) is 0 Å². The molecule has 1 amide bonds. The molecule has 1 N–H and O–H groups in total. The minimum atomic E-state index is -3.27. The first kappa shape index (κ1) is 18.5. The molecule has 1 heterocycles. The average Bonchev–Trinajstić information content (AvgIpc) is 2.61. The highest BCUT2D eigenvalue weighted by atomic mass is 32.2. The summed E-state index contributed by atoms with van der Waals surface area (Å²) in [5.74, 6) is 0.00548. The van der Waals surface area contributed by atoms with Gasteiger partial charge in [-0.25, -0.2) is 8.42 Å². The zero-order chi connectivity index (χ0) is 18.7. The maximum absolute atomic E-state index is 12.3. The molecule has 2 aromatic rings. The van der Waals surface area contributed by atoms with Crippen LogP contribution in [0.3, 0.4) is 0 Å². The molecule has 6 heteroatoms. The predicted octanol–water partition coefficient (Wildman–Crippen LogP) is 3.28. The Hall–Kier alpha value is -2.34. The number of hydrogen-bond donors (Lipinski definition) is 1. The smallest absolute Gasteiger partial charge is 0.234 e. The number of nitrogens with one attached hydrogen (secondary N) is 1. The Morgan fingerprint density at radius 2 is 2.00 bits per heavy atom. The molecule has 0 aliphatic carbocycles. The van der Waals surface area contributed by atoms with Gasteiger partial charge in [-0.2, -0.15) is 0 Å². The Morgan fingerprint density at radius 3 is 2.73 bits per heavy atom. The van der Waals surface area contributed by atoms with E-state index in [0.717, 1.165) is 35.2 Å². The molecule has 5 nitrogen and oxygen atoms in total. The molecule has 26 heavy (non-hydrogen) atoms. The number of benzene rings is 2. The number of sulfonamides is 1. The summed E-state index contributed by atoms with van der Waals surface area (Å²) in [6, 6.07) is 13.3. The Labute approximate surface area is 155 Å². The van der Waals surface area contributed by atoms with Crippen LogP contribution in [-0.2, 0) is 27.7 Å². The van der Waals surface area contributed by atoms with Gasteiger partial charge >= 0.3 is 0 Å². The van der Waals surface area contributed by atoms with E-state index in [-0.39, 0.29) is 11.7 Å². The number of hydrogen-bond acceptors (Lipinski definition) is 3. The van der Waals surface area contributed by atoms with Crippen LogP contribution < -0.4 is 9.62 Å². The lowest BCUT2D eigenvalue weighted by Crippen LogP contribution is -2.36. The summed E-state index contributed by atoms with van der Waals surface area (Å²) in [5.41, 5.74) is 4.50. The Balaban J connectivity index is 1.75. The van der Waals surface area contributed by atoms with E-state index in [4.69, 9.17) is 0 Å². The van der Waals surface area contributed by atoms with E-state index in [1.807, 2.05) is 37.3 Å². The highest BCUT2D eigenvalue weighted by Gasteiger charge is 2.26. The van der Waals surface area contributed by atoms with Crippen LogP contribution in [0.5, 0.6) is 0 Å². The lowest BCUT2D eigenvalue weighted by Gasteiger charge is -2.30. The van der Waals surface area contributed by atoms with Gasteiger partial charge < -0.3 is 5.32 Å². The topological polar surface area (TPSA) is 66.5 Å². The van der Waals surface area contributed by atoms with Crippen LogP contribution in [0.4, 0.5) is 11.4 Å². The lowest BCUT2D eigenvalue weighted by molar-refractivity contribution is -0.115. The molecule has 0 spiro atoms. The highest BCUT2D eigenvalue weighted by Crippen LogP contribution is 2.31. The fourth-order valence-electron chi connectivity index (χ4n) is 3.30. The van der Waals surface area contributed by atoms with Crippen LogP contribution >= 0.6 is 0 Å². The second-order valence-electron chi connectivity index (χ2n) is 6.63. The lowest BCUT2D eigenvalue weighted by atomic mass is 10.0. The Kier molecular flexibility index (Phi) is 5.32. The number of aryl methyl sites for hydroxylation is 2. The van der Waals surface area contributed by atoms with Gasteiger partial charge in [0.05, 0.1) is 17.9 Å².